The molecule has 2 rings (SSSR count). The lowest BCUT2D eigenvalue weighted by atomic mass is 9.79. The van der Waals surface area contributed by atoms with Gasteiger partial charge in [0.25, 0.3) is 0 Å². The van der Waals surface area contributed by atoms with Gasteiger partial charge in [-0.15, -0.1) is 0 Å². The van der Waals surface area contributed by atoms with Gasteiger partial charge in [0, 0.05) is 6.61 Å². The van der Waals surface area contributed by atoms with Crippen LogP contribution >= 0.6 is 0 Å². The van der Waals surface area contributed by atoms with E-state index in [1.54, 1.807) is 0 Å². The van der Waals surface area contributed by atoms with Gasteiger partial charge in [0.15, 0.2) is 0 Å². The molecule has 108 valence electrons. The Morgan fingerprint density at radius 2 is 2.11 bits per heavy atom. The van der Waals surface area contributed by atoms with Crippen molar-refractivity contribution in [3.05, 3.63) is 11.7 Å². The molecule has 19 heavy (non-hydrogen) atoms. The maximum absolute atomic E-state index is 6.01. The van der Waals surface area contributed by atoms with Gasteiger partial charge >= 0.3 is 0 Å². The second-order valence-corrected chi connectivity index (χ2v) is 5.58. The zero-order valence-corrected chi connectivity index (χ0v) is 12.2. The van der Waals surface area contributed by atoms with Crippen LogP contribution in [0, 0.1) is 5.92 Å². The summed E-state index contributed by atoms with van der Waals surface area (Å²) in [5.74, 6) is 1.95. The molecule has 0 aromatic carbocycles. The molecule has 1 unspecified atom stereocenters. The molecule has 0 radical (unpaired) electrons. The smallest absolute Gasteiger partial charge is 0.243 e. The molecule has 0 aliphatic heterocycles. The van der Waals surface area contributed by atoms with Crippen molar-refractivity contribution in [1.29, 1.82) is 0 Å². The van der Waals surface area contributed by atoms with Crippen molar-refractivity contribution in [1.82, 2.24) is 10.1 Å². The van der Waals surface area contributed by atoms with Crippen LogP contribution in [0.3, 0.4) is 0 Å². The maximum Gasteiger partial charge on any atom is 0.243 e. The van der Waals surface area contributed by atoms with Crippen LogP contribution < -0.4 is 5.73 Å². The average molecular weight is 267 g/mol. The molecule has 2 N–H and O–H groups in total. The molecule has 1 fully saturated rings. The van der Waals surface area contributed by atoms with Crippen LogP contribution in [0.1, 0.15) is 70.6 Å². The minimum atomic E-state index is -0.365. The van der Waals surface area contributed by atoms with Crippen LogP contribution in [-0.2, 0) is 10.3 Å². The number of hydrogen-bond donors (Lipinski definition) is 1. The lowest BCUT2D eigenvalue weighted by Crippen LogP contribution is -2.35. The summed E-state index contributed by atoms with van der Waals surface area (Å²) in [7, 11) is 0. The van der Waals surface area contributed by atoms with E-state index in [-0.39, 0.29) is 11.6 Å². The number of aromatic nitrogens is 2. The van der Waals surface area contributed by atoms with E-state index < -0.39 is 0 Å². The summed E-state index contributed by atoms with van der Waals surface area (Å²) >= 11 is 0. The molecular formula is C14H25N3O2. The third-order valence-corrected chi connectivity index (χ3v) is 4.11. The Balaban J connectivity index is 2.21. The Hall–Kier alpha value is -0.940. The van der Waals surface area contributed by atoms with Crippen molar-refractivity contribution in [3.8, 4) is 0 Å². The largest absolute Gasteiger partial charge is 0.367 e. The van der Waals surface area contributed by atoms with Crippen molar-refractivity contribution < 1.29 is 9.26 Å². The summed E-state index contributed by atoms with van der Waals surface area (Å²) < 4.78 is 11.3. The predicted octanol–water partition coefficient (Wildman–Crippen LogP) is 2.92. The fraction of sp³-hybridized carbons (Fsp3) is 0.857. The summed E-state index contributed by atoms with van der Waals surface area (Å²) in [6.45, 7) is 6.97. The molecule has 1 saturated carbocycles. The molecule has 0 spiro atoms. The van der Waals surface area contributed by atoms with Crippen LogP contribution in [0.2, 0.25) is 0 Å². The van der Waals surface area contributed by atoms with Gasteiger partial charge < -0.3 is 15.0 Å². The molecule has 5 heteroatoms. The highest BCUT2D eigenvalue weighted by Crippen LogP contribution is 2.41. The van der Waals surface area contributed by atoms with Gasteiger partial charge in [-0.1, -0.05) is 19.0 Å². The molecule has 0 bridgehead atoms. The average Bonchev–Trinajstić information content (AvgIpc) is 2.91. The number of ether oxygens (including phenoxy) is 1. The van der Waals surface area contributed by atoms with Crippen molar-refractivity contribution in [3.63, 3.8) is 0 Å². The first-order valence-electron chi connectivity index (χ1n) is 7.35. The molecule has 5 nitrogen and oxygen atoms in total. The van der Waals surface area contributed by atoms with E-state index >= 15 is 0 Å². The highest BCUT2D eigenvalue weighted by atomic mass is 16.5. The Morgan fingerprint density at radius 1 is 1.42 bits per heavy atom. The molecule has 1 heterocycles. The lowest BCUT2D eigenvalue weighted by molar-refractivity contribution is -0.0847. The van der Waals surface area contributed by atoms with E-state index in [1.165, 1.54) is 0 Å². The zero-order valence-electron chi connectivity index (χ0n) is 12.2. The Bertz CT molecular complexity index is 397. The molecule has 0 amide bonds. The van der Waals surface area contributed by atoms with Crippen LogP contribution in [0.15, 0.2) is 4.52 Å². The fourth-order valence-electron chi connectivity index (χ4n) is 2.68. The van der Waals surface area contributed by atoms with Crippen molar-refractivity contribution in [2.45, 2.75) is 64.5 Å². The topological polar surface area (TPSA) is 74.2 Å². The van der Waals surface area contributed by atoms with Gasteiger partial charge in [0.1, 0.15) is 5.60 Å². The second kappa shape index (κ2) is 6.01. The number of nitrogens with two attached hydrogens (primary N) is 1. The van der Waals surface area contributed by atoms with E-state index in [2.05, 4.69) is 17.1 Å². The minimum absolute atomic E-state index is 0.178. The molecule has 1 aromatic heterocycles. The van der Waals surface area contributed by atoms with E-state index in [0.717, 1.165) is 38.0 Å². The van der Waals surface area contributed by atoms with Crippen molar-refractivity contribution >= 4 is 0 Å². The molecular weight excluding hydrogens is 242 g/mol. The van der Waals surface area contributed by atoms with Gasteiger partial charge in [0.05, 0.1) is 6.04 Å². The zero-order chi connectivity index (χ0) is 13.9. The number of rotatable bonds is 5. The molecule has 1 aliphatic carbocycles. The third kappa shape index (κ3) is 2.98. The molecule has 0 saturated heterocycles. The molecule has 1 aromatic rings. The summed E-state index contributed by atoms with van der Waals surface area (Å²) in [6.07, 6.45) is 5.00. The van der Waals surface area contributed by atoms with Crippen molar-refractivity contribution in [2.75, 3.05) is 6.61 Å². The summed E-state index contributed by atoms with van der Waals surface area (Å²) in [5, 5.41) is 4.13. The highest BCUT2D eigenvalue weighted by Gasteiger charge is 2.41. The van der Waals surface area contributed by atoms with Crippen LogP contribution in [0.5, 0.6) is 0 Å². The SMILES string of the molecule is CCOC1(c2noc(C(N)CC)n2)CCC(C)CC1. The van der Waals surface area contributed by atoms with E-state index in [9.17, 15) is 0 Å². The first-order valence-corrected chi connectivity index (χ1v) is 7.35. The predicted molar refractivity (Wildman–Crippen MR) is 72.5 cm³/mol. The Labute approximate surface area is 114 Å². The Morgan fingerprint density at radius 3 is 2.68 bits per heavy atom. The number of hydrogen-bond acceptors (Lipinski definition) is 5. The first kappa shape index (κ1) is 14.5. The van der Waals surface area contributed by atoms with Crippen LogP contribution in [0.4, 0.5) is 0 Å². The molecule has 1 atom stereocenters. The van der Waals surface area contributed by atoms with E-state index in [4.69, 9.17) is 15.0 Å². The van der Waals surface area contributed by atoms with Gasteiger partial charge in [0.2, 0.25) is 11.7 Å². The van der Waals surface area contributed by atoms with Crippen LogP contribution in [0.25, 0.3) is 0 Å². The number of nitrogens with zero attached hydrogens (tertiary/aromatic N) is 2. The monoisotopic (exact) mass is 267 g/mol. The highest BCUT2D eigenvalue weighted by molar-refractivity contribution is 5.05. The summed E-state index contributed by atoms with van der Waals surface area (Å²) in [6, 6.07) is -0.178. The third-order valence-electron chi connectivity index (χ3n) is 4.11. The maximum atomic E-state index is 6.01. The minimum Gasteiger partial charge on any atom is -0.367 e. The quantitative estimate of drug-likeness (QED) is 0.887. The molecule has 1 aliphatic rings. The summed E-state index contributed by atoms with van der Waals surface area (Å²) in [5.41, 5.74) is 5.57. The van der Waals surface area contributed by atoms with Gasteiger partial charge in [-0.2, -0.15) is 4.98 Å². The second-order valence-electron chi connectivity index (χ2n) is 5.58. The van der Waals surface area contributed by atoms with Gasteiger partial charge in [-0.3, -0.25) is 0 Å². The fourth-order valence-corrected chi connectivity index (χ4v) is 2.68. The van der Waals surface area contributed by atoms with E-state index in [0.29, 0.717) is 18.3 Å². The normalized spacial score (nSPS) is 29.4. The summed E-state index contributed by atoms with van der Waals surface area (Å²) in [4.78, 5) is 4.49. The van der Waals surface area contributed by atoms with Gasteiger partial charge in [-0.25, -0.2) is 0 Å². The van der Waals surface area contributed by atoms with Crippen LogP contribution in [-0.4, -0.2) is 16.7 Å². The van der Waals surface area contributed by atoms with Crippen molar-refractivity contribution in [2.24, 2.45) is 11.7 Å². The first-order chi connectivity index (χ1) is 9.11. The standard InChI is InChI=1S/C14H25N3O2/c1-4-11(15)12-16-13(17-19-12)14(18-5-2)8-6-10(3)7-9-14/h10-11H,4-9,15H2,1-3H3. The Kier molecular flexibility index (Phi) is 4.58. The van der Waals surface area contributed by atoms with Gasteiger partial charge in [-0.05, 0) is 44.9 Å². The lowest BCUT2D eigenvalue weighted by Gasteiger charge is -2.36. The van der Waals surface area contributed by atoms with E-state index in [1.807, 2.05) is 13.8 Å².